The molecule has 1 aliphatic heterocycles. The van der Waals surface area contributed by atoms with Gasteiger partial charge in [0.1, 0.15) is 0 Å². The number of esters is 1. The molecule has 1 N–H and O–H groups in total. The van der Waals surface area contributed by atoms with Gasteiger partial charge in [0, 0.05) is 38.6 Å². The van der Waals surface area contributed by atoms with Gasteiger partial charge in [-0.3, -0.25) is 9.69 Å². The topological polar surface area (TPSA) is 61.9 Å². The van der Waals surface area contributed by atoms with E-state index in [4.69, 9.17) is 0 Å². The maximum Gasteiger partial charge on any atom is 0.317 e. The monoisotopic (exact) mass is 451 g/mol. The first-order chi connectivity index (χ1) is 16.1. The molecular weight excluding hydrogens is 414 g/mol. The molecule has 0 unspecified atom stereocenters. The van der Waals surface area contributed by atoms with E-state index >= 15 is 0 Å². The number of methoxy groups -OCH3 is 1. The summed E-state index contributed by atoms with van der Waals surface area (Å²) >= 11 is 0. The molecule has 0 aromatic heterocycles. The molecule has 6 nitrogen and oxygen atoms in total. The zero-order chi connectivity index (χ0) is 23.5. The second-order valence-electron chi connectivity index (χ2n) is 8.73. The molecule has 0 spiro atoms. The number of hydrogen-bond acceptors (Lipinski definition) is 4. The highest BCUT2D eigenvalue weighted by Gasteiger charge is 2.32. The third-order valence-corrected chi connectivity index (χ3v) is 6.33. The Morgan fingerprint density at radius 2 is 1.55 bits per heavy atom. The third kappa shape index (κ3) is 7.32. The third-order valence-electron chi connectivity index (χ3n) is 6.33. The van der Waals surface area contributed by atoms with Crippen LogP contribution in [0, 0.1) is 0 Å². The summed E-state index contributed by atoms with van der Waals surface area (Å²) in [6, 6.07) is 21.6. The predicted octanol–water partition coefficient (Wildman–Crippen LogP) is 4.62. The Bertz CT molecular complexity index is 820. The Hall–Kier alpha value is -2.86. The zero-order valence-corrected chi connectivity index (χ0v) is 19.9. The fourth-order valence-electron chi connectivity index (χ4n) is 4.55. The highest BCUT2D eigenvalue weighted by atomic mass is 16.5. The SMILES string of the molecule is COC(=O)CCCCCCNC(=O)N1CCN(C(c2ccccc2)c2ccccc2)C[C@@H]1C. The Morgan fingerprint density at radius 3 is 2.12 bits per heavy atom. The van der Waals surface area contributed by atoms with Gasteiger partial charge in [0.05, 0.1) is 13.2 Å². The van der Waals surface area contributed by atoms with Gasteiger partial charge in [-0.25, -0.2) is 4.79 Å². The molecule has 1 atom stereocenters. The Labute approximate surface area is 197 Å². The fourth-order valence-corrected chi connectivity index (χ4v) is 4.55. The zero-order valence-electron chi connectivity index (χ0n) is 19.9. The van der Waals surface area contributed by atoms with E-state index in [0.29, 0.717) is 19.5 Å². The summed E-state index contributed by atoms with van der Waals surface area (Å²) in [5, 5.41) is 3.08. The lowest BCUT2D eigenvalue weighted by atomic mass is 9.95. The van der Waals surface area contributed by atoms with Crippen LogP contribution in [-0.4, -0.2) is 61.1 Å². The van der Waals surface area contributed by atoms with Gasteiger partial charge in [0.2, 0.25) is 0 Å². The number of nitrogens with one attached hydrogen (secondary N) is 1. The summed E-state index contributed by atoms with van der Waals surface area (Å²) in [5.74, 6) is -0.154. The van der Waals surface area contributed by atoms with Crippen molar-refractivity contribution in [2.75, 3.05) is 33.3 Å². The maximum absolute atomic E-state index is 12.8. The molecule has 1 aliphatic rings. The Balaban J connectivity index is 1.49. The highest BCUT2D eigenvalue weighted by Crippen LogP contribution is 2.30. The number of unbranched alkanes of at least 4 members (excludes halogenated alkanes) is 3. The quantitative estimate of drug-likeness (QED) is 0.423. The number of nitrogens with zero attached hydrogens (tertiary/aromatic N) is 2. The van der Waals surface area contributed by atoms with Crippen molar-refractivity contribution >= 4 is 12.0 Å². The first-order valence-corrected chi connectivity index (χ1v) is 12.1. The van der Waals surface area contributed by atoms with Crippen LogP contribution in [0.3, 0.4) is 0 Å². The average molecular weight is 452 g/mol. The summed E-state index contributed by atoms with van der Waals surface area (Å²) in [5.41, 5.74) is 2.56. The number of carbonyl (C=O) groups is 2. The molecule has 0 radical (unpaired) electrons. The van der Waals surface area contributed by atoms with E-state index in [0.717, 1.165) is 38.8 Å². The van der Waals surface area contributed by atoms with Gasteiger partial charge in [0.15, 0.2) is 0 Å². The number of hydrogen-bond donors (Lipinski definition) is 1. The largest absolute Gasteiger partial charge is 0.469 e. The Kier molecular flexibility index (Phi) is 9.76. The molecule has 0 aliphatic carbocycles. The molecule has 1 saturated heterocycles. The van der Waals surface area contributed by atoms with Crippen molar-refractivity contribution in [1.82, 2.24) is 15.1 Å². The summed E-state index contributed by atoms with van der Waals surface area (Å²) in [7, 11) is 1.42. The lowest BCUT2D eigenvalue weighted by Crippen LogP contribution is -2.57. The van der Waals surface area contributed by atoms with Gasteiger partial charge in [0.25, 0.3) is 0 Å². The van der Waals surface area contributed by atoms with Crippen molar-refractivity contribution in [3.8, 4) is 0 Å². The summed E-state index contributed by atoms with van der Waals surface area (Å²) < 4.78 is 4.65. The molecule has 2 aromatic carbocycles. The molecule has 1 fully saturated rings. The van der Waals surface area contributed by atoms with Crippen molar-refractivity contribution in [3.63, 3.8) is 0 Å². The van der Waals surface area contributed by atoms with Crippen LogP contribution in [0.5, 0.6) is 0 Å². The number of amides is 2. The number of urea groups is 1. The van der Waals surface area contributed by atoms with Crippen molar-refractivity contribution in [1.29, 1.82) is 0 Å². The van der Waals surface area contributed by atoms with Gasteiger partial charge < -0.3 is 15.0 Å². The second kappa shape index (κ2) is 13.0. The molecule has 0 saturated carbocycles. The van der Waals surface area contributed by atoms with E-state index in [1.807, 2.05) is 4.90 Å². The number of carbonyl (C=O) groups excluding carboxylic acids is 2. The van der Waals surface area contributed by atoms with Gasteiger partial charge in [-0.05, 0) is 30.9 Å². The number of rotatable bonds is 10. The lowest BCUT2D eigenvalue weighted by Gasteiger charge is -2.43. The van der Waals surface area contributed by atoms with Crippen LogP contribution in [0.4, 0.5) is 4.79 Å². The lowest BCUT2D eigenvalue weighted by molar-refractivity contribution is -0.140. The normalized spacial score (nSPS) is 16.6. The van der Waals surface area contributed by atoms with Crippen LogP contribution < -0.4 is 5.32 Å². The molecule has 2 amide bonds. The average Bonchev–Trinajstić information content (AvgIpc) is 2.84. The molecule has 178 valence electrons. The molecule has 0 bridgehead atoms. The van der Waals surface area contributed by atoms with Crippen molar-refractivity contribution in [3.05, 3.63) is 71.8 Å². The van der Waals surface area contributed by atoms with Crippen LogP contribution in [-0.2, 0) is 9.53 Å². The van der Waals surface area contributed by atoms with Gasteiger partial charge in [-0.1, -0.05) is 73.5 Å². The van der Waals surface area contributed by atoms with Gasteiger partial charge in [-0.15, -0.1) is 0 Å². The van der Waals surface area contributed by atoms with Crippen molar-refractivity contribution in [2.45, 2.75) is 51.1 Å². The van der Waals surface area contributed by atoms with Gasteiger partial charge in [-0.2, -0.15) is 0 Å². The maximum atomic E-state index is 12.8. The molecular formula is C27H37N3O3. The first kappa shape index (κ1) is 24.8. The summed E-state index contributed by atoms with van der Waals surface area (Å²) in [6.45, 7) is 5.17. The van der Waals surface area contributed by atoms with E-state index in [2.05, 4.69) is 82.5 Å². The second-order valence-corrected chi connectivity index (χ2v) is 8.73. The standard InChI is InChI=1S/C27H37N3O3/c1-22-21-29(26(23-13-7-5-8-14-23)24-15-9-6-10-16-24)19-20-30(22)27(32)28-18-12-4-3-11-17-25(31)33-2/h5-10,13-16,22,26H,3-4,11-12,17-21H2,1-2H3,(H,28,32)/t22-/m0/s1. The van der Waals surface area contributed by atoms with Crippen molar-refractivity contribution in [2.24, 2.45) is 0 Å². The summed E-state index contributed by atoms with van der Waals surface area (Å²) in [6.07, 6.45) is 4.20. The van der Waals surface area contributed by atoms with E-state index in [1.54, 1.807) is 0 Å². The number of benzene rings is 2. The summed E-state index contributed by atoms with van der Waals surface area (Å²) in [4.78, 5) is 28.4. The minimum atomic E-state index is -0.154. The molecule has 3 rings (SSSR count). The minimum absolute atomic E-state index is 0.0210. The minimum Gasteiger partial charge on any atom is -0.469 e. The molecule has 1 heterocycles. The van der Waals surface area contributed by atoms with Crippen LogP contribution in [0.1, 0.15) is 56.2 Å². The van der Waals surface area contributed by atoms with Crippen LogP contribution in [0.2, 0.25) is 0 Å². The van der Waals surface area contributed by atoms with E-state index < -0.39 is 0 Å². The molecule has 6 heteroatoms. The Morgan fingerprint density at radius 1 is 0.939 bits per heavy atom. The van der Waals surface area contributed by atoms with E-state index in [1.165, 1.54) is 18.2 Å². The van der Waals surface area contributed by atoms with E-state index in [9.17, 15) is 9.59 Å². The number of piperazine rings is 1. The highest BCUT2D eigenvalue weighted by molar-refractivity contribution is 5.74. The van der Waals surface area contributed by atoms with Crippen LogP contribution in [0.15, 0.2) is 60.7 Å². The van der Waals surface area contributed by atoms with Crippen LogP contribution in [0.25, 0.3) is 0 Å². The molecule has 2 aromatic rings. The predicted molar refractivity (Wildman–Crippen MR) is 131 cm³/mol. The first-order valence-electron chi connectivity index (χ1n) is 12.1. The van der Waals surface area contributed by atoms with Crippen molar-refractivity contribution < 1.29 is 14.3 Å². The number of ether oxygens (including phenoxy) is 1. The molecule has 33 heavy (non-hydrogen) atoms. The van der Waals surface area contributed by atoms with Gasteiger partial charge >= 0.3 is 12.0 Å². The van der Waals surface area contributed by atoms with E-state index in [-0.39, 0.29) is 24.1 Å². The van der Waals surface area contributed by atoms with Crippen LogP contribution >= 0.6 is 0 Å². The fraction of sp³-hybridized carbons (Fsp3) is 0.481. The smallest absolute Gasteiger partial charge is 0.317 e.